The lowest BCUT2D eigenvalue weighted by Gasteiger charge is -2.35. The van der Waals surface area contributed by atoms with Gasteiger partial charge in [-0.25, -0.2) is 0 Å². The molecule has 2 N–H and O–H groups in total. The fourth-order valence-electron chi connectivity index (χ4n) is 6.31. The Morgan fingerprint density at radius 2 is 1.60 bits per heavy atom. The van der Waals surface area contributed by atoms with E-state index in [1.165, 1.54) is 5.56 Å². The van der Waals surface area contributed by atoms with Crippen molar-refractivity contribution in [2.75, 3.05) is 62.7 Å². The smallest absolute Gasteiger partial charge is 0.253 e. The van der Waals surface area contributed by atoms with E-state index in [-0.39, 0.29) is 17.7 Å². The van der Waals surface area contributed by atoms with Gasteiger partial charge in [0.2, 0.25) is 5.91 Å². The van der Waals surface area contributed by atoms with Crippen molar-refractivity contribution in [3.8, 4) is 0 Å². The Bertz CT molecular complexity index is 1300. The van der Waals surface area contributed by atoms with Crippen molar-refractivity contribution < 1.29 is 14.3 Å². The molecule has 43 heavy (non-hydrogen) atoms. The van der Waals surface area contributed by atoms with Crippen molar-refractivity contribution in [3.63, 3.8) is 0 Å². The van der Waals surface area contributed by atoms with Crippen molar-refractivity contribution in [2.24, 2.45) is 5.92 Å². The van der Waals surface area contributed by atoms with E-state index < -0.39 is 0 Å². The maximum Gasteiger partial charge on any atom is 0.253 e. The van der Waals surface area contributed by atoms with Gasteiger partial charge in [0.15, 0.2) is 0 Å². The first-order chi connectivity index (χ1) is 21.1. The van der Waals surface area contributed by atoms with Crippen LogP contribution in [0.15, 0.2) is 78.9 Å². The number of carbonyl (C=O) groups is 2. The van der Waals surface area contributed by atoms with E-state index in [2.05, 4.69) is 50.8 Å². The van der Waals surface area contributed by atoms with Crippen LogP contribution in [0.3, 0.4) is 0 Å². The molecule has 1 unspecified atom stereocenters. The molecule has 5 rings (SSSR count). The highest BCUT2D eigenvalue weighted by molar-refractivity contribution is 6.03. The number of morpholine rings is 1. The first-order valence-corrected chi connectivity index (χ1v) is 16.0. The highest BCUT2D eigenvalue weighted by atomic mass is 16.5. The molecule has 2 amide bonds. The number of piperidine rings is 1. The van der Waals surface area contributed by atoms with Crippen molar-refractivity contribution in [1.29, 1.82) is 0 Å². The summed E-state index contributed by atoms with van der Waals surface area (Å²) >= 11 is 0. The third-order valence-electron chi connectivity index (χ3n) is 8.80. The summed E-state index contributed by atoms with van der Waals surface area (Å²) in [6, 6.07) is 26.4. The van der Waals surface area contributed by atoms with Gasteiger partial charge in [0, 0.05) is 44.1 Å². The second kappa shape index (κ2) is 15.7. The van der Waals surface area contributed by atoms with E-state index in [0.29, 0.717) is 30.1 Å². The first-order valence-electron chi connectivity index (χ1n) is 16.0. The van der Waals surface area contributed by atoms with Crippen LogP contribution in [0, 0.1) is 5.92 Å². The third-order valence-corrected chi connectivity index (χ3v) is 8.80. The molecule has 7 nitrogen and oxygen atoms in total. The Labute approximate surface area is 256 Å². The number of nitrogens with one attached hydrogen (secondary N) is 2. The summed E-state index contributed by atoms with van der Waals surface area (Å²) in [5.74, 6) is 0.246. The molecular weight excluding hydrogens is 536 g/mol. The number of benzene rings is 3. The lowest BCUT2D eigenvalue weighted by molar-refractivity contribution is -0.117. The second-order valence-corrected chi connectivity index (χ2v) is 11.8. The van der Waals surface area contributed by atoms with Gasteiger partial charge in [-0.15, -0.1) is 0 Å². The molecule has 0 bridgehead atoms. The predicted octanol–water partition coefficient (Wildman–Crippen LogP) is 5.73. The Hall–Kier alpha value is -3.68. The normalized spacial score (nSPS) is 16.9. The number of hydrogen-bond acceptors (Lipinski definition) is 5. The van der Waals surface area contributed by atoms with E-state index in [9.17, 15) is 9.59 Å². The molecule has 2 saturated heterocycles. The molecule has 0 aliphatic carbocycles. The maximum absolute atomic E-state index is 13.6. The zero-order valence-corrected chi connectivity index (χ0v) is 25.5. The molecule has 1 atom stereocenters. The van der Waals surface area contributed by atoms with Crippen LogP contribution in [-0.4, -0.2) is 69.2 Å². The number of carbonyl (C=O) groups excluding carboxylic acids is 2. The number of nitrogens with zero attached hydrogens (tertiary/aromatic N) is 2. The Balaban J connectivity index is 1.27. The van der Waals surface area contributed by atoms with Crippen molar-refractivity contribution >= 4 is 23.2 Å². The molecule has 2 aliphatic rings. The minimum atomic E-state index is -0.248. The summed E-state index contributed by atoms with van der Waals surface area (Å²) in [5, 5.41) is 6.27. The number of rotatable bonds is 12. The third kappa shape index (κ3) is 8.68. The average Bonchev–Trinajstić information content (AvgIpc) is 3.05. The van der Waals surface area contributed by atoms with Gasteiger partial charge in [-0.05, 0) is 73.9 Å². The summed E-state index contributed by atoms with van der Waals surface area (Å²) < 4.78 is 5.45. The second-order valence-electron chi connectivity index (χ2n) is 11.8. The lowest BCUT2D eigenvalue weighted by atomic mass is 9.89. The standard InChI is InChI=1S/C36H46N4O3/c1-2-32(30-12-7-4-8-13-30)36(42)38-31-14-15-34(40-20-16-29(17-21-40)26-28-10-5-3-6-11-28)33(27-31)35(41)37-18-9-19-39-22-24-43-25-23-39/h3-8,10-15,27,29,32H,2,9,16-26H2,1H3,(H,37,41)(H,38,42). The fraction of sp³-hybridized carbons (Fsp3) is 0.444. The van der Waals surface area contributed by atoms with Crippen LogP contribution < -0.4 is 15.5 Å². The molecule has 2 fully saturated rings. The summed E-state index contributed by atoms with van der Waals surface area (Å²) in [4.78, 5) is 31.7. The number of amides is 2. The van der Waals surface area contributed by atoms with Crippen molar-refractivity contribution in [3.05, 3.63) is 95.6 Å². The molecule has 0 saturated carbocycles. The van der Waals surface area contributed by atoms with Gasteiger partial charge in [0.05, 0.1) is 24.7 Å². The van der Waals surface area contributed by atoms with E-state index in [1.807, 2.05) is 55.5 Å². The molecule has 228 valence electrons. The van der Waals surface area contributed by atoms with Crippen LogP contribution in [0.4, 0.5) is 11.4 Å². The topological polar surface area (TPSA) is 73.9 Å². The average molecular weight is 583 g/mol. The van der Waals surface area contributed by atoms with Gasteiger partial charge in [-0.1, -0.05) is 67.6 Å². The highest BCUT2D eigenvalue weighted by Gasteiger charge is 2.25. The van der Waals surface area contributed by atoms with E-state index >= 15 is 0 Å². The molecule has 2 aliphatic heterocycles. The molecule has 0 radical (unpaired) electrons. The molecule has 3 aromatic carbocycles. The first kappa shape index (κ1) is 30.8. The monoisotopic (exact) mass is 582 g/mol. The van der Waals surface area contributed by atoms with E-state index in [0.717, 1.165) is 82.9 Å². The van der Waals surface area contributed by atoms with Crippen molar-refractivity contribution in [2.45, 2.75) is 44.9 Å². The summed E-state index contributed by atoms with van der Waals surface area (Å²) in [6.07, 6.45) is 4.85. The summed E-state index contributed by atoms with van der Waals surface area (Å²) in [5.41, 5.74) is 4.60. The number of anilines is 2. The molecule has 3 aromatic rings. The van der Waals surface area contributed by atoms with Crippen molar-refractivity contribution in [1.82, 2.24) is 10.2 Å². The molecule has 2 heterocycles. The fourth-order valence-corrected chi connectivity index (χ4v) is 6.31. The quantitative estimate of drug-likeness (QED) is 0.267. The molecule has 0 spiro atoms. The van der Waals surface area contributed by atoms with E-state index in [1.54, 1.807) is 0 Å². The van der Waals surface area contributed by atoms with Crippen LogP contribution in [0.1, 0.15) is 60.0 Å². The Kier molecular flexibility index (Phi) is 11.2. The van der Waals surface area contributed by atoms with Crippen LogP contribution in [-0.2, 0) is 16.0 Å². The van der Waals surface area contributed by atoms with Gasteiger partial charge in [-0.3, -0.25) is 14.5 Å². The zero-order chi connectivity index (χ0) is 29.9. The van der Waals surface area contributed by atoms with Gasteiger partial charge in [-0.2, -0.15) is 0 Å². The Morgan fingerprint density at radius 3 is 2.30 bits per heavy atom. The SMILES string of the molecule is CCC(C(=O)Nc1ccc(N2CCC(Cc3ccccc3)CC2)c(C(=O)NCCCN2CCOCC2)c1)c1ccccc1. The molecule has 0 aromatic heterocycles. The van der Waals surface area contributed by atoms with Gasteiger partial charge < -0.3 is 20.3 Å². The Morgan fingerprint density at radius 1 is 0.907 bits per heavy atom. The molecule has 7 heteroatoms. The van der Waals surface area contributed by atoms with Crippen LogP contribution >= 0.6 is 0 Å². The molecular formula is C36H46N4O3. The summed E-state index contributed by atoms with van der Waals surface area (Å²) in [7, 11) is 0. The predicted molar refractivity (Wildman–Crippen MR) is 174 cm³/mol. The maximum atomic E-state index is 13.6. The van der Waals surface area contributed by atoms with Crippen LogP contribution in [0.25, 0.3) is 0 Å². The van der Waals surface area contributed by atoms with Gasteiger partial charge >= 0.3 is 0 Å². The van der Waals surface area contributed by atoms with Gasteiger partial charge in [0.1, 0.15) is 0 Å². The lowest BCUT2D eigenvalue weighted by Crippen LogP contribution is -2.38. The summed E-state index contributed by atoms with van der Waals surface area (Å²) in [6.45, 7) is 8.84. The van der Waals surface area contributed by atoms with Gasteiger partial charge in [0.25, 0.3) is 5.91 Å². The van der Waals surface area contributed by atoms with Crippen LogP contribution in [0.2, 0.25) is 0 Å². The van der Waals surface area contributed by atoms with E-state index in [4.69, 9.17) is 4.74 Å². The minimum absolute atomic E-state index is 0.0555. The zero-order valence-electron chi connectivity index (χ0n) is 25.5. The minimum Gasteiger partial charge on any atom is -0.379 e. The highest BCUT2D eigenvalue weighted by Crippen LogP contribution is 2.31. The van der Waals surface area contributed by atoms with Crippen LogP contribution in [0.5, 0.6) is 0 Å². The number of hydrogen-bond donors (Lipinski definition) is 2. The number of ether oxygens (including phenoxy) is 1. The largest absolute Gasteiger partial charge is 0.379 e.